The zero-order valence-corrected chi connectivity index (χ0v) is 18.4. The normalized spacial score (nSPS) is 12.2. The fraction of sp³-hybridized carbons (Fsp3) is 0.211. The average Bonchev–Trinajstić information content (AvgIpc) is 3.10. The number of aromatic nitrogens is 1. The fourth-order valence-electron chi connectivity index (χ4n) is 2.56. The monoisotopic (exact) mass is 483 g/mol. The summed E-state index contributed by atoms with van der Waals surface area (Å²) in [7, 11) is -8.14. The average molecular weight is 484 g/mol. The molecule has 3 rings (SSSR count). The second-order valence-electron chi connectivity index (χ2n) is 6.25. The highest BCUT2D eigenvalue weighted by Gasteiger charge is 2.34. The van der Waals surface area contributed by atoms with Gasteiger partial charge >= 0.3 is 0 Å². The van der Waals surface area contributed by atoms with Crippen molar-refractivity contribution >= 4 is 35.6 Å². The molecule has 0 fully saturated rings. The van der Waals surface area contributed by atoms with Crippen molar-refractivity contribution in [1.29, 1.82) is 0 Å². The molecule has 0 radical (unpaired) electrons. The predicted molar refractivity (Wildman–Crippen MR) is 109 cm³/mol. The first-order chi connectivity index (χ1) is 13.1. The van der Waals surface area contributed by atoms with Gasteiger partial charge in [-0.05, 0) is 49.7 Å². The van der Waals surface area contributed by atoms with E-state index in [1.807, 2.05) is 19.1 Å². The van der Waals surface area contributed by atoms with E-state index in [0.29, 0.717) is 16.5 Å². The second-order valence-corrected chi connectivity index (χ2v) is 11.0. The number of aryl methyl sites for hydroxylation is 1. The summed E-state index contributed by atoms with van der Waals surface area (Å²) >= 11 is 3.25. The Balaban J connectivity index is 2.23. The summed E-state index contributed by atoms with van der Waals surface area (Å²) in [5.74, 6) is -0.288. The van der Waals surface area contributed by atoms with Crippen LogP contribution < -0.4 is 0 Å². The molecule has 0 bridgehead atoms. The van der Waals surface area contributed by atoms with Gasteiger partial charge in [-0.15, -0.1) is 0 Å². The van der Waals surface area contributed by atoms with Gasteiger partial charge in [-0.1, -0.05) is 40.5 Å². The molecule has 0 amide bonds. The lowest BCUT2D eigenvalue weighted by Crippen LogP contribution is -2.11. The molecule has 9 heteroatoms. The maximum atomic E-state index is 13.1. The summed E-state index contributed by atoms with van der Waals surface area (Å²) in [4.78, 5) is 4.02. The molecule has 0 spiro atoms. The molecule has 1 aromatic heterocycles. The Hall–Kier alpha value is -1.97. The van der Waals surface area contributed by atoms with Gasteiger partial charge in [-0.25, -0.2) is 16.8 Å². The molecule has 28 heavy (non-hydrogen) atoms. The first-order valence-electron chi connectivity index (χ1n) is 8.46. The maximum Gasteiger partial charge on any atom is 0.258 e. The molecule has 0 atom stereocenters. The van der Waals surface area contributed by atoms with Gasteiger partial charge < -0.3 is 4.42 Å². The van der Waals surface area contributed by atoms with Crippen LogP contribution >= 0.6 is 15.9 Å². The third kappa shape index (κ3) is 4.06. The minimum absolute atomic E-state index is 0.0506. The lowest BCUT2D eigenvalue weighted by Gasteiger charge is -2.04. The van der Waals surface area contributed by atoms with E-state index in [9.17, 15) is 16.8 Å². The van der Waals surface area contributed by atoms with Crippen molar-refractivity contribution in [3.05, 3.63) is 58.6 Å². The van der Waals surface area contributed by atoms with E-state index in [0.717, 1.165) is 5.56 Å². The summed E-state index contributed by atoms with van der Waals surface area (Å²) in [5.41, 5.74) is 1.49. The van der Waals surface area contributed by atoms with Gasteiger partial charge in [0.15, 0.2) is 0 Å². The van der Waals surface area contributed by atoms with Crippen molar-refractivity contribution < 1.29 is 21.3 Å². The zero-order valence-electron chi connectivity index (χ0n) is 15.2. The Morgan fingerprint density at radius 2 is 1.57 bits per heavy atom. The van der Waals surface area contributed by atoms with Crippen LogP contribution in [-0.2, 0) is 19.7 Å². The van der Waals surface area contributed by atoms with E-state index < -0.39 is 29.8 Å². The molecule has 0 saturated carbocycles. The molecule has 0 aliphatic rings. The number of halogens is 1. The predicted octanol–water partition coefficient (Wildman–Crippen LogP) is 4.43. The number of oxazole rings is 1. The van der Waals surface area contributed by atoms with Crippen LogP contribution in [0.5, 0.6) is 0 Å². The van der Waals surface area contributed by atoms with E-state index in [4.69, 9.17) is 4.42 Å². The molecule has 1 heterocycles. The van der Waals surface area contributed by atoms with E-state index in [2.05, 4.69) is 20.9 Å². The molecule has 0 N–H and O–H groups in total. The van der Waals surface area contributed by atoms with Crippen LogP contribution in [0.25, 0.3) is 11.5 Å². The van der Waals surface area contributed by atoms with Gasteiger partial charge in [0.05, 0.1) is 10.6 Å². The van der Waals surface area contributed by atoms with Gasteiger partial charge in [0.2, 0.25) is 30.6 Å². The molecular formula is C19H18BrNO5S2. The van der Waals surface area contributed by atoms with E-state index in [1.165, 1.54) is 12.1 Å². The lowest BCUT2D eigenvalue weighted by atomic mass is 10.1. The quantitative estimate of drug-likeness (QED) is 0.514. The van der Waals surface area contributed by atoms with Crippen molar-refractivity contribution in [2.45, 2.75) is 35.3 Å². The summed E-state index contributed by atoms with van der Waals surface area (Å²) < 4.78 is 57.8. The Morgan fingerprint density at radius 1 is 0.964 bits per heavy atom. The van der Waals surface area contributed by atoms with Crippen LogP contribution in [0.2, 0.25) is 0 Å². The van der Waals surface area contributed by atoms with E-state index in [1.54, 1.807) is 31.2 Å². The van der Waals surface area contributed by atoms with Gasteiger partial charge in [-0.2, -0.15) is 4.98 Å². The number of hydrogen-bond donors (Lipinski definition) is 0. The molecule has 0 aliphatic carbocycles. The molecule has 0 aliphatic heterocycles. The minimum atomic E-state index is -4.19. The van der Waals surface area contributed by atoms with Crippen molar-refractivity contribution in [3.63, 3.8) is 0 Å². The molecule has 6 nitrogen and oxygen atoms in total. The summed E-state index contributed by atoms with van der Waals surface area (Å²) in [6.45, 7) is 3.59. The summed E-state index contributed by atoms with van der Waals surface area (Å²) in [6, 6.07) is 12.9. The Labute approximate surface area is 172 Å². The maximum absolute atomic E-state index is 13.1. The van der Waals surface area contributed by atoms with Crippen LogP contribution in [0.3, 0.4) is 0 Å². The SMILES string of the molecule is CCCS(=O)(=O)c1oc(-c2ccc(C)cc2)nc1S(=O)(=O)c1ccc(Br)cc1. The van der Waals surface area contributed by atoms with Gasteiger partial charge in [0.25, 0.3) is 5.09 Å². The van der Waals surface area contributed by atoms with E-state index >= 15 is 0 Å². The van der Waals surface area contributed by atoms with Crippen LogP contribution in [0.1, 0.15) is 18.9 Å². The molecular weight excluding hydrogens is 466 g/mol. The number of hydrogen-bond acceptors (Lipinski definition) is 6. The second kappa shape index (κ2) is 7.81. The first-order valence-corrected chi connectivity index (χ1v) is 12.4. The lowest BCUT2D eigenvalue weighted by molar-refractivity contribution is 0.444. The molecule has 3 aromatic rings. The number of nitrogens with zero attached hydrogens (tertiary/aromatic N) is 1. The molecule has 2 aromatic carbocycles. The third-order valence-corrected chi connectivity index (χ3v) is 8.12. The minimum Gasteiger partial charge on any atom is -0.423 e. The van der Waals surface area contributed by atoms with Crippen molar-refractivity contribution in [3.8, 4) is 11.5 Å². The first kappa shape index (κ1) is 20.8. The highest BCUT2D eigenvalue weighted by molar-refractivity contribution is 9.10. The number of sulfone groups is 2. The number of rotatable bonds is 6. The van der Waals surface area contributed by atoms with Crippen LogP contribution in [0.15, 0.2) is 72.4 Å². The Bertz CT molecular complexity index is 1200. The standard InChI is InChI=1S/C19H18BrNO5S2/c1-3-12-27(22,23)19-18(28(24,25)16-10-8-15(20)9-11-16)21-17(26-19)14-6-4-13(2)5-7-14/h4-11H,3,12H2,1-2H3. The topological polar surface area (TPSA) is 94.3 Å². The zero-order chi connectivity index (χ0) is 20.5. The van der Waals surface area contributed by atoms with Crippen molar-refractivity contribution in [1.82, 2.24) is 4.98 Å². The van der Waals surface area contributed by atoms with Crippen molar-refractivity contribution in [2.24, 2.45) is 0 Å². The fourth-order valence-corrected chi connectivity index (χ4v) is 5.96. The van der Waals surface area contributed by atoms with Gasteiger partial charge in [0, 0.05) is 10.0 Å². The molecule has 0 unspecified atom stereocenters. The smallest absolute Gasteiger partial charge is 0.258 e. The highest BCUT2D eigenvalue weighted by Crippen LogP contribution is 2.33. The van der Waals surface area contributed by atoms with Crippen molar-refractivity contribution in [2.75, 3.05) is 5.75 Å². The van der Waals surface area contributed by atoms with Crippen LogP contribution in [0.4, 0.5) is 0 Å². The number of benzene rings is 2. The largest absolute Gasteiger partial charge is 0.423 e. The van der Waals surface area contributed by atoms with Gasteiger partial charge in [-0.3, -0.25) is 0 Å². The Morgan fingerprint density at radius 3 is 2.14 bits per heavy atom. The third-order valence-electron chi connectivity index (χ3n) is 4.00. The van der Waals surface area contributed by atoms with Gasteiger partial charge in [0.1, 0.15) is 0 Å². The summed E-state index contributed by atoms with van der Waals surface area (Å²) in [5, 5.41) is -1.20. The summed E-state index contributed by atoms with van der Waals surface area (Å²) in [6.07, 6.45) is 0.320. The molecule has 0 saturated heterocycles. The highest BCUT2D eigenvalue weighted by atomic mass is 79.9. The van der Waals surface area contributed by atoms with E-state index in [-0.39, 0.29) is 16.5 Å². The van der Waals surface area contributed by atoms with Crippen LogP contribution in [-0.4, -0.2) is 27.6 Å². The Kier molecular flexibility index (Phi) is 5.79. The molecule has 148 valence electrons. The van der Waals surface area contributed by atoms with Crippen LogP contribution in [0, 0.1) is 6.92 Å².